The molecule has 1 aliphatic rings. The van der Waals surface area contributed by atoms with Gasteiger partial charge in [0.15, 0.2) is 0 Å². The number of amides is 1. The fourth-order valence-electron chi connectivity index (χ4n) is 3.72. The number of ether oxygens (including phenoxy) is 1. The summed E-state index contributed by atoms with van der Waals surface area (Å²) >= 11 is 0. The Hall–Kier alpha value is -2.44. The minimum Gasteiger partial charge on any atom is -0.496 e. The molecule has 6 heteroatoms. The zero-order valence-electron chi connectivity index (χ0n) is 17.5. The minimum absolute atomic E-state index is 0.0124. The van der Waals surface area contributed by atoms with Crippen molar-refractivity contribution in [2.24, 2.45) is 0 Å². The Morgan fingerprint density at radius 1 is 1.10 bits per heavy atom. The third-order valence-electron chi connectivity index (χ3n) is 5.33. The van der Waals surface area contributed by atoms with Crippen LogP contribution in [-0.4, -0.2) is 55.5 Å². The molecule has 0 spiro atoms. The highest BCUT2D eigenvalue weighted by Crippen LogP contribution is 2.24. The lowest BCUT2D eigenvalue weighted by Gasteiger charge is -2.34. The number of nitrogens with zero attached hydrogens (tertiary/aromatic N) is 2. The second-order valence-corrected chi connectivity index (χ2v) is 7.80. The number of rotatable bonds is 7. The van der Waals surface area contributed by atoms with Crippen molar-refractivity contribution in [1.82, 2.24) is 9.80 Å². The van der Waals surface area contributed by atoms with E-state index >= 15 is 0 Å². The van der Waals surface area contributed by atoms with Gasteiger partial charge in [0.1, 0.15) is 11.6 Å². The van der Waals surface area contributed by atoms with Crippen molar-refractivity contribution in [3.05, 3.63) is 59.4 Å². The van der Waals surface area contributed by atoms with E-state index in [2.05, 4.69) is 35.0 Å². The molecule has 1 amide bonds. The van der Waals surface area contributed by atoms with Crippen LogP contribution in [0, 0.1) is 5.82 Å². The van der Waals surface area contributed by atoms with Crippen LogP contribution in [-0.2, 0) is 11.3 Å². The molecule has 0 saturated carbocycles. The average molecular weight is 400 g/mol. The lowest BCUT2D eigenvalue weighted by molar-refractivity contribution is -0.117. The molecule has 1 heterocycles. The standard InChI is InChI=1S/C23H30FN3O2/c1-17(2)20-6-4-5-7-21(20)25-23(28)16-27-12-10-26(11-13-27)15-18-14-19(24)8-9-22(18)29-3/h4-9,14,17H,10-13,15-16H2,1-3H3,(H,25,28). The number of hydrogen-bond acceptors (Lipinski definition) is 4. The van der Waals surface area contributed by atoms with Crippen molar-refractivity contribution in [1.29, 1.82) is 0 Å². The molecular formula is C23H30FN3O2. The summed E-state index contributed by atoms with van der Waals surface area (Å²) in [7, 11) is 1.60. The molecule has 0 aliphatic carbocycles. The zero-order valence-corrected chi connectivity index (χ0v) is 17.5. The van der Waals surface area contributed by atoms with Gasteiger partial charge in [0.2, 0.25) is 5.91 Å². The summed E-state index contributed by atoms with van der Waals surface area (Å²) < 4.78 is 18.9. The van der Waals surface area contributed by atoms with E-state index in [4.69, 9.17) is 4.74 Å². The number of carbonyl (C=O) groups is 1. The van der Waals surface area contributed by atoms with E-state index in [1.54, 1.807) is 13.2 Å². The van der Waals surface area contributed by atoms with Crippen LogP contribution in [0.4, 0.5) is 10.1 Å². The first-order valence-electron chi connectivity index (χ1n) is 10.1. The van der Waals surface area contributed by atoms with Gasteiger partial charge in [0, 0.05) is 44.0 Å². The Labute approximate surface area is 172 Å². The molecule has 2 aromatic rings. The Kier molecular flexibility index (Phi) is 7.23. The maximum atomic E-state index is 13.6. The van der Waals surface area contributed by atoms with Crippen molar-refractivity contribution in [2.45, 2.75) is 26.3 Å². The number of halogens is 1. The van der Waals surface area contributed by atoms with Crippen molar-refractivity contribution >= 4 is 11.6 Å². The van der Waals surface area contributed by atoms with Crippen molar-refractivity contribution < 1.29 is 13.9 Å². The topological polar surface area (TPSA) is 44.8 Å². The third-order valence-corrected chi connectivity index (χ3v) is 5.33. The SMILES string of the molecule is COc1ccc(F)cc1CN1CCN(CC(=O)Nc2ccccc2C(C)C)CC1. The van der Waals surface area contributed by atoms with Gasteiger partial charge >= 0.3 is 0 Å². The average Bonchev–Trinajstić information content (AvgIpc) is 2.70. The number of para-hydroxylation sites is 1. The van der Waals surface area contributed by atoms with Gasteiger partial charge in [0.05, 0.1) is 13.7 Å². The van der Waals surface area contributed by atoms with Gasteiger partial charge < -0.3 is 10.1 Å². The summed E-state index contributed by atoms with van der Waals surface area (Å²) in [5, 5.41) is 3.06. The summed E-state index contributed by atoms with van der Waals surface area (Å²) in [5.41, 5.74) is 2.89. The highest BCUT2D eigenvalue weighted by molar-refractivity contribution is 5.93. The predicted octanol–water partition coefficient (Wildman–Crippen LogP) is 3.71. The first-order valence-corrected chi connectivity index (χ1v) is 10.1. The fourth-order valence-corrected chi connectivity index (χ4v) is 3.72. The molecule has 1 saturated heterocycles. The Morgan fingerprint density at radius 2 is 1.79 bits per heavy atom. The molecule has 0 bridgehead atoms. The molecule has 2 aromatic carbocycles. The first kappa shape index (κ1) is 21.3. The number of carbonyl (C=O) groups excluding carboxylic acids is 1. The van der Waals surface area contributed by atoms with Gasteiger partial charge in [-0.3, -0.25) is 14.6 Å². The van der Waals surface area contributed by atoms with E-state index in [1.807, 2.05) is 18.2 Å². The molecule has 0 unspecified atom stereocenters. The molecule has 0 atom stereocenters. The van der Waals surface area contributed by atoms with Crippen LogP contribution in [0.25, 0.3) is 0 Å². The second kappa shape index (κ2) is 9.85. The van der Waals surface area contributed by atoms with Crippen molar-refractivity contribution in [3.63, 3.8) is 0 Å². The zero-order chi connectivity index (χ0) is 20.8. The van der Waals surface area contributed by atoms with Gasteiger partial charge in [-0.25, -0.2) is 4.39 Å². The highest BCUT2D eigenvalue weighted by atomic mass is 19.1. The van der Waals surface area contributed by atoms with Crippen LogP contribution in [0.2, 0.25) is 0 Å². The van der Waals surface area contributed by atoms with Gasteiger partial charge in [0.25, 0.3) is 0 Å². The van der Waals surface area contributed by atoms with Gasteiger partial charge in [-0.1, -0.05) is 32.0 Å². The van der Waals surface area contributed by atoms with Crippen LogP contribution < -0.4 is 10.1 Å². The van der Waals surface area contributed by atoms with Crippen LogP contribution in [0.3, 0.4) is 0 Å². The maximum Gasteiger partial charge on any atom is 0.238 e. The van der Waals surface area contributed by atoms with E-state index < -0.39 is 0 Å². The Morgan fingerprint density at radius 3 is 2.48 bits per heavy atom. The summed E-state index contributed by atoms with van der Waals surface area (Å²) in [6.45, 7) is 8.53. The molecule has 1 N–H and O–H groups in total. The van der Waals surface area contributed by atoms with Crippen molar-refractivity contribution in [3.8, 4) is 5.75 Å². The fraction of sp³-hybridized carbons (Fsp3) is 0.435. The van der Waals surface area contributed by atoms with Crippen LogP contribution in [0.1, 0.15) is 30.9 Å². The van der Waals surface area contributed by atoms with E-state index in [9.17, 15) is 9.18 Å². The van der Waals surface area contributed by atoms with E-state index in [0.717, 1.165) is 43.0 Å². The number of methoxy groups -OCH3 is 1. The smallest absolute Gasteiger partial charge is 0.238 e. The molecule has 0 radical (unpaired) electrons. The number of hydrogen-bond donors (Lipinski definition) is 1. The molecule has 1 fully saturated rings. The number of piperazine rings is 1. The molecule has 1 aliphatic heterocycles. The molecule has 29 heavy (non-hydrogen) atoms. The molecule has 0 aromatic heterocycles. The molecular weight excluding hydrogens is 369 g/mol. The summed E-state index contributed by atoms with van der Waals surface area (Å²) in [6.07, 6.45) is 0. The largest absolute Gasteiger partial charge is 0.496 e. The van der Waals surface area contributed by atoms with E-state index in [1.165, 1.54) is 12.1 Å². The van der Waals surface area contributed by atoms with Crippen LogP contribution >= 0.6 is 0 Å². The predicted molar refractivity (Wildman–Crippen MR) is 114 cm³/mol. The first-order chi connectivity index (χ1) is 14.0. The highest BCUT2D eigenvalue weighted by Gasteiger charge is 2.20. The van der Waals surface area contributed by atoms with Gasteiger partial charge in [-0.05, 0) is 35.7 Å². The quantitative estimate of drug-likeness (QED) is 0.771. The minimum atomic E-state index is -0.252. The van der Waals surface area contributed by atoms with E-state index in [-0.39, 0.29) is 11.7 Å². The molecule has 3 rings (SSSR count). The summed E-state index contributed by atoms with van der Waals surface area (Å²) in [5.74, 6) is 0.822. The summed E-state index contributed by atoms with van der Waals surface area (Å²) in [4.78, 5) is 16.9. The monoisotopic (exact) mass is 399 g/mol. The Balaban J connectivity index is 1.50. The Bertz CT molecular complexity index is 833. The maximum absolute atomic E-state index is 13.6. The van der Waals surface area contributed by atoms with Crippen LogP contribution in [0.5, 0.6) is 5.75 Å². The van der Waals surface area contributed by atoms with Crippen LogP contribution in [0.15, 0.2) is 42.5 Å². The number of anilines is 1. The third kappa shape index (κ3) is 5.78. The van der Waals surface area contributed by atoms with Gasteiger partial charge in [-0.15, -0.1) is 0 Å². The molecule has 5 nitrogen and oxygen atoms in total. The summed E-state index contributed by atoms with van der Waals surface area (Å²) in [6, 6.07) is 12.6. The van der Waals surface area contributed by atoms with Gasteiger partial charge in [-0.2, -0.15) is 0 Å². The van der Waals surface area contributed by atoms with E-state index in [0.29, 0.717) is 24.8 Å². The lowest BCUT2D eigenvalue weighted by atomic mass is 10.0. The molecule has 156 valence electrons. The van der Waals surface area contributed by atoms with Crippen molar-refractivity contribution in [2.75, 3.05) is 45.2 Å². The number of nitrogens with one attached hydrogen (secondary N) is 1. The number of benzene rings is 2. The normalized spacial score (nSPS) is 15.5. The lowest BCUT2D eigenvalue weighted by Crippen LogP contribution is -2.48. The second-order valence-electron chi connectivity index (χ2n) is 7.80.